The lowest BCUT2D eigenvalue weighted by Crippen LogP contribution is -2.23. The maximum Gasteiger partial charge on any atom is 0.0538 e. The van der Waals surface area contributed by atoms with Crippen LogP contribution in [-0.4, -0.2) is 30.0 Å². The van der Waals surface area contributed by atoms with Gasteiger partial charge in [0.1, 0.15) is 0 Å². The highest BCUT2D eigenvalue weighted by molar-refractivity contribution is 5.17. The first kappa shape index (κ1) is 11.9. The van der Waals surface area contributed by atoms with Crippen molar-refractivity contribution in [2.24, 2.45) is 5.92 Å². The normalized spacial score (nSPS) is 12.7. The van der Waals surface area contributed by atoms with Crippen LogP contribution in [0.4, 0.5) is 0 Å². The zero-order chi connectivity index (χ0) is 11.1. The van der Waals surface area contributed by atoms with Gasteiger partial charge in [-0.15, -0.1) is 0 Å². The molecule has 0 radical (unpaired) electrons. The topological polar surface area (TPSA) is 39.1 Å². The van der Waals surface area contributed by atoms with Gasteiger partial charge in [0.25, 0.3) is 0 Å². The van der Waals surface area contributed by atoms with E-state index in [1.807, 2.05) is 12.4 Å². The second-order valence-corrected chi connectivity index (χ2v) is 3.70. The lowest BCUT2D eigenvalue weighted by Gasteiger charge is -2.10. The molecule has 0 aliphatic carbocycles. The van der Waals surface area contributed by atoms with Crippen LogP contribution in [0.2, 0.25) is 0 Å². The molecule has 1 heterocycles. The SMILES string of the molecule is C=Cn1cc(CNCC(C)COC)cn1. The summed E-state index contributed by atoms with van der Waals surface area (Å²) in [5.41, 5.74) is 1.17. The predicted octanol–water partition coefficient (Wildman–Crippen LogP) is 1.36. The molecule has 4 nitrogen and oxygen atoms in total. The molecule has 0 saturated heterocycles. The molecule has 84 valence electrons. The van der Waals surface area contributed by atoms with Crippen LogP contribution in [0.1, 0.15) is 12.5 Å². The first-order valence-electron chi connectivity index (χ1n) is 5.11. The number of ether oxygens (including phenoxy) is 1. The molecule has 0 aliphatic heterocycles. The summed E-state index contributed by atoms with van der Waals surface area (Å²) in [6.45, 7) is 8.37. The standard InChI is InChI=1S/C11H19N3O/c1-4-14-8-11(7-13-14)6-12-5-10(2)9-15-3/h4,7-8,10,12H,1,5-6,9H2,2-3H3. The van der Waals surface area contributed by atoms with Gasteiger partial charge < -0.3 is 10.1 Å². The summed E-state index contributed by atoms with van der Waals surface area (Å²) < 4.78 is 6.76. The predicted molar refractivity (Wildman–Crippen MR) is 61.4 cm³/mol. The molecule has 0 saturated carbocycles. The zero-order valence-electron chi connectivity index (χ0n) is 9.44. The average molecular weight is 209 g/mol. The van der Waals surface area contributed by atoms with E-state index >= 15 is 0 Å². The van der Waals surface area contributed by atoms with Crippen molar-refractivity contribution in [1.29, 1.82) is 0 Å². The minimum Gasteiger partial charge on any atom is -0.384 e. The lowest BCUT2D eigenvalue weighted by atomic mass is 10.2. The maximum atomic E-state index is 5.06. The summed E-state index contributed by atoms with van der Waals surface area (Å²) >= 11 is 0. The van der Waals surface area contributed by atoms with Gasteiger partial charge in [-0.1, -0.05) is 13.5 Å². The Labute approximate surface area is 90.9 Å². The van der Waals surface area contributed by atoms with E-state index in [1.165, 1.54) is 5.56 Å². The Kier molecular flexibility index (Phi) is 5.07. The van der Waals surface area contributed by atoms with Gasteiger partial charge in [-0.25, -0.2) is 4.68 Å². The summed E-state index contributed by atoms with van der Waals surface area (Å²) in [7, 11) is 1.73. The fourth-order valence-corrected chi connectivity index (χ4v) is 1.37. The molecular formula is C11H19N3O. The Balaban J connectivity index is 2.22. The molecule has 0 bridgehead atoms. The van der Waals surface area contributed by atoms with Crippen molar-refractivity contribution >= 4 is 6.20 Å². The first-order valence-corrected chi connectivity index (χ1v) is 5.11. The molecule has 0 aromatic carbocycles. The highest BCUT2D eigenvalue weighted by Gasteiger charge is 2.01. The second-order valence-electron chi connectivity index (χ2n) is 3.70. The van der Waals surface area contributed by atoms with E-state index < -0.39 is 0 Å². The summed E-state index contributed by atoms with van der Waals surface area (Å²) in [4.78, 5) is 0. The highest BCUT2D eigenvalue weighted by Crippen LogP contribution is 1.98. The zero-order valence-corrected chi connectivity index (χ0v) is 9.44. The van der Waals surface area contributed by atoms with E-state index in [4.69, 9.17) is 4.74 Å². The molecule has 1 aromatic rings. The molecule has 0 spiro atoms. The van der Waals surface area contributed by atoms with E-state index in [-0.39, 0.29) is 0 Å². The summed E-state index contributed by atoms with van der Waals surface area (Å²) in [6, 6.07) is 0. The number of hydrogen-bond acceptors (Lipinski definition) is 3. The van der Waals surface area contributed by atoms with Gasteiger partial charge in [-0.3, -0.25) is 0 Å². The third kappa shape index (κ3) is 4.27. The van der Waals surface area contributed by atoms with Crippen molar-refractivity contribution in [2.75, 3.05) is 20.3 Å². The molecule has 0 amide bonds. The Hall–Kier alpha value is -1.13. The van der Waals surface area contributed by atoms with E-state index in [1.54, 1.807) is 18.0 Å². The van der Waals surface area contributed by atoms with Crippen LogP contribution in [0, 0.1) is 5.92 Å². The van der Waals surface area contributed by atoms with Crippen molar-refractivity contribution in [3.63, 3.8) is 0 Å². The Morgan fingerprint density at radius 3 is 3.13 bits per heavy atom. The smallest absolute Gasteiger partial charge is 0.0538 e. The van der Waals surface area contributed by atoms with Crippen LogP contribution < -0.4 is 5.32 Å². The molecular weight excluding hydrogens is 190 g/mol. The summed E-state index contributed by atoms with van der Waals surface area (Å²) in [6.07, 6.45) is 5.48. The Morgan fingerprint density at radius 2 is 2.53 bits per heavy atom. The monoisotopic (exact) mass is 209 g/mol. The van der Waals surface area contributed by atoms with Crippen molar-refractivity contribution in [2.45, 2.75) is 13.5 Å². The van der Waals surface area contributed by atoms with Crippen LogP contribution >= 0.6 is 0 Å². The molecule has 1 rings (SSSR count). The average Bonchev–Trinajstić information content (AvgIpc) is 2.66. The second kappa shape index (κ2) is 6.37. The van der Waals surface area contributed by atoms with Crippen LogP contribution in [0.25, 0.3) is 6.20 Å². The van der Waals surface area contributed by atoms with E-state index in [9.17, 15) is 0 Å². The molecule has 0 fully saturated rings. The first-order chi connectivity index (χ1) is 7.26. The number of methoxy groups -OCH3 is 1. The molecule has 1 unspecified atom stereocenters. The van der Waals surface area contributed by atoms with E-state index in [0.717, 1.165) is 19.7 Å². The van der Waals surface area contributed by atoms with Crippen LogP contribution in [-0.2, 0) is 11.3 Å². The Morgan fingerprint density at radius 1 is 1.73 bits per heavy atom. The molecule has 1 N–H and O–H groups in total. The van der Waals surface area contributed by atoms with Crippen LogP contribution in [0.5, 0.6) is 0 Å². The van der Waals surface area contributed by atoms with Gasteiger partial charge in [0.05, 0.1) is 6.20 Å². The molecule has 1 atom stereocenters. The Bertz CT molecular complexity index is 296. The van der Waals surface area contributed by atoms with Crippen molar-refractivity contribution < 1.29 is 4.74 Å². The van der Waals surface area contributed by atoms with Gasteiger partial charge >= 0.3 is 0 Å². The van der Waals surface area contributed by atoms with Gasteiger partial charge in [0.15, 0.2) is 0 Å². The van der Waals surface area contributed by atoms with Gasteiger partial charge in [0, 0.05) is 44.8 Å². The highest BCUT2D eigenvalue weighted by atomic mass is 16.5. The summed E-state index contributed by atoms with van der Waals surface area (Å²) in [5, 5.41) is 7.46. The largest absolute Gasteiger partial charge is 0.384 e. The third-order valence-electron chi connectivity index (χ3n) is 2.12. The molecule has 15 heavy (non-hydrogen) atoms. The number of nitrogens with one attached hydrogen (secondary N) is 1. The van der Waals surface area contributed by atoms with Gasteiger partial charge in [-0.2, -0.15) is 5.10 Å². The minimum atomic E-state index is 0.532. The van der Waals surface area contributed by atoms with Crippen molar-refractivity contribution in [3.8, 4) is 0 Å². The number of aromatic nitrogens is 2. The number of hydrogen-bond donors (Lipinski definition) is 1. The third-order valence-corrected chi connectivity index (χ3v) is 2.12. The van der Waals surface area contributed by atoms with E-state index in [2.05, 4.69) is 23.9 Å². The molecule has 1 aromatic heterocycles. The summed E-state index contributed by atoms with van der Waals surface area (Å²) in [5.74, 6) is 0.532. The fraction of sp³-hybridized carbons (Fsp3) is 0.545. The minimum absolute atomic E-state index is 0.532. The molecule has 4 heteroatoms. The number of nitrogens with zero attached hydrogens (tertiary/aromatic N) is 2. The number of rotatable bonds is 7. The van der Waals surface area contributed by atoms with Crippen molar-refractivity contribution in [1.82, 2.24) is 15.1 Å². The maximum absolute atomic E-state index is 5.06. The molecule has 0 aliphatic rings. The van der Waals surface area contributed by atoms with Crippen molar-refractivity contribution in [3.05, 3.63) is 24.5 Å². The lowest BCUT2D eigenvalue weighted by molar-refractivity contribution is 0.158. The van der Waals surface area contributed by atoms with E-state index in [0.29, 0.717) is 5.92 Å². The van der Waals surface area contributed by atoms with Crippen LogP contribution in [0.3, 0.4) is 0 Å². The van der Waals surface area contributed by atoms with Gasteiger partial charge in [0.2, 0.25) is 0 Å². The fourth-order valence-electron chi connectivity index (χ4n) is 1.37. The van der Waals surface area contributed by atoms with Crippen LogP contribution in [0.15, 0.2) is 19.0 Å². The quantitative estimate of drug-likeness (QED) is 0.737. The van der Waals surface area contributed by atoms with Gasteiger partial charge in [-0.05, 0) is 5.92 Å².